The highest BCUT2D eigenvalue weighted by Crippen LogP contribution is 2.33. The van der Waals surface area contributed by atoms with Crippen LogP contribution in [0.15, 0.2) is 54.6 Å². The molecule has 2 N–H and O–H groups in total. The first-order valence-corrected chi connectivity index (χ1v) is 14.8. The number of para-hydroxylation sites is 1. The lowest BCUT2D eigenvalue weighted by molar-refractivity contribution is -0.0592. The molecule has 3 aromatic carbocycles. The number of aromatic carboxylic acids is 1. The van der Waals surface area contributed by atoms with Gasteiger partial charge in [0.2, 0.25) is 0 Å². The van der Waals surface area contributed by atoms with Gasteiger partial charge in [-0.3, -0.25) is 4.90 Å². The third kappa shape index (κ3) is 5.28. The first kappa shape index (κ1) is 27.1. The monoisotopic (exact) mass is 587 g/mol. The molecule has 42 heavy (non-hydrogen) atoms. The zero-order chi connectivity index (χ0) is 28.8. The van der Waals surface area contributed by atoms with E-state index in [1.807, 2.05) is 6.07 Å². The van der Waals surface area contributed by atoms with Crippen LogP contribution in [0.5, 0.6) is 0 Å². The molecule has 2 aromatic heterocycles. The fourth-order valence-electron chi connectivity index (χ4n) is 6.23. The molecule has 10 heteroatoms. The molecular formula is C32H31ClFN5O3. The second-order valence-electron chi connectivity index (χ2n) is 11.3. The molecule has 7 rings (SSSR count). The molecule has 4 heterocycles. The predicted molar refractivity (Wildman–Crippen MR) is 159 cm³/mol. The number of aromatic amines is 1. The van der Waals surface area contributed by atoms with Crippen molar-refractivity contribution in [2.75, 3.05) is 19.7 Å². The topological polar surface area (TPSA) is 96.3 Å². The van der Waals surface area contributed by atoms with E-state index in [1.54, 1.807) is 30.3 Å². The number of hydrogen-bond donors (Lipinski definition) is 2. The Kier molecular flexibility index (Phi) is 7.17. The summed E-state index contributed by atoms with van der Waals surface area (Å²) in [5.74, 6) is 0.774. The molecule has 0 bridgehead atoms. The third-order valence-electron chi connectivity index (χ3n) is 8.61. The highest BCUT2D eigenvalue weighted by Gasteiger charge is 2.27. The Morgan fingerprint density at radius 1 is 1.10 bits per heavy atom. The quantitative estimate of drug-likeness (QED) is 0.226. The summed E-state index contributed by atoms with van der Waals surface area (Å²) in [7, 11) is 0. The summed E-state index contributed by atoms with van der Waals surface area (Å²) in [4.78, 5) is 27.2. The van der Waals surface area contributed by atoms with Crippen molar-refractivity contribution in [3.63, 3.8) is 0 Å². The predicted octanol–water partition coefficient (Wildman–Crippen LogP) is 6.16. The lowest BCUT2D eigenvalue weighted by Gasteiger charge is -2.32. The maximum Gasteiger partial charge on any atom is 0.335 e. The largest absolute Gasteiger partial charge is 0.478 e. The van der Waals surface area contributed by atoms with Crippen LogP contribution in [0.25, 0.3) is 22.1 Å². The number of H-pyrrole nitrogens is 1. The number of rotatable bonds is 8. The van der Waals surface area contributed by atoms with Gasteiger partial charge in [0.15, 0.2) is 0 Å². The van der Waals surface area contributed by atoms with Crippen LogP contribution in [0, 0.1) is 5.82 Å². The average molecular weight is 588 g/mol. The zero-order valence-electron chi connectivity index (χ0n) is 23.0. The Morgan fingerprint density at radius 3 is 2.67 bits per heavy atom. The van der Waals surface area contributed by atoms with Crippen molar-refractivity contribution in [1.29, 1.82) is 0 Å². The SMILES string of the molecule is O=C(O)c1ccc2nc(CN3CCC(c4cccc5[nH]c(Cc6ccc(Cl)cc6F)nc45)CC3)n(CC3CCO3)c2c1. The minimum atomic E-state index is -0.940. The Hall–Kier alpha value is -3.79. The Morgan fingerprint density at radius 2 is 1.93 bits per heavy atom. The van der Waals surface area contributed by atoms with E-state index >= 15 is 0 Å². The number of aromatic nitrogens is 4. The number of benzene rings is 3. The summed E-state index contributed by atoms with van der Waals surface area (Å²) in [5.41, 5.74) is 5.62. The molecule has 0 spiro atoms. The molecule has 2 saturated heterocycles. The molecule has 216 valence electrons. The van der Waals surface area contributed by atoms with Crippen molar-refractivity contribution in [2.45, 2.75) is 50.8 Å². The van der Waals surface area contributed by atoms with E-state index < -0.39 is 5.97 Å². The van der Waals surface area contributed by atoms with Crippen molar-refractivity contribution in [1.82, 2.24) is 24.4 Å². The number of likely N-dealkylation sites (tertiary alicyclic amines) is 1. The second-order valence-corrected chi connectivity index (χ2v) is 11.8. The minimum Gasteiger partial charge on any atom is -0.478 e. The van der Waals surface area contributed by atoms with Crippen LogP contribution in [0.2, 0.25) is 5.02 Å². The van der Waals surface area contributed by atoms with Crippen LogP contribution in [0.1, 0.15) is 58.3 Å². The molecule has 8 nitrogen and oxygen atoms in total. The zero-order valence-corrected chi connectivity index (χ0v) is 23.8. The first-order valence-electron chi connectivity index (χ1n) is 14.4. The average Bonchev–Trinajstić information content (AvgIpc) is 3.52. The summed E-state index contributed by atoms with van der Waals surface area (Å²) >= 11 is 5.92. The van der Waals surface area contributed by atoms with Gasteiger partial charge in [0.25, 0.3) is 0 Å². The first-order chi connectivity index (χ1) is 20.4. The standard InChI is InChI=1S/C32H31ClFN5O3/c33-22-6-4-20(25(34)16-22)15-29-35-27-3-1-2-24(31(27)37-29)19-8-11-38(12-9-19)18-30-36-26-7-5-21(32(40)41)14-28(26)39(30)17-23-10-13-42-23/h1-7,14,16,19,23H,8-13,15,17-18H2,(H,35,37)(H,40,41). The van der Waals surface area contributed by atoms with E-state index in [2.05, 4.69) is 26.6 Å². The number of carbonyl (C=O) groups is 1. The lowest BCUT2D eigenvalue weighted by atomic mass is 9.88. The fourth-order valence-corrected chi connectivity index (χ4v) is 6.39. The van der Waals surface area contributed by atoms with Crippen molar-refractivity contribution >= 4 is 39.6 Å². The number of fused-ring (bicyclic) bond motifs is 2. The molecular weight excluding hydrogens is 557 g/mol. The van der Waals surface area contributed by atoms with E-state index in [-0.39, 0.29) is 17.5 Å². The van der Waals surface area contributed by atoms with Gasteiger partial charge >= 0.3 is 5.97 Å². The molecule has 1 atom stereocenters. The van der Waals surface area contributed by atoms with E-state index in [4.69, 9.17) is 26.3 Å². The Bertz CT molecular complexity index is 1790. The van der Waals surface area contributed by atoms with Crippen molar-refractivity contribution in [3.8, 4) is 0 Å². The van der Waals surface area contributed by atoms with Gasteiger partial charge in [-0.1, -0.05) is 29.8 Å². The fraction of sp³-hybridized carbons (Fsp3) is 0.344. The molecule has 2 fully saturated rings. The van der Waals surface area contributed by atoms with Crippen molar-refractivity contribution < 1.29 is 19.0 Å². The second kappa shape index (κ2) is 11.1. The summed E-state index contributed by atoms with van der Waals surface area (Å²) in [5, 5.41) is 9.91. The number of carboxylic acids is 1. The number of nitrogens with zero attached hydrogens (tertiary/aromatic N) is 4. The molecule has 1 unspecified atom stereocenters. The number of nitrogens with one attached hydrogen (secondary N) is 1. The summed E-state index contributed by atoms with van der Waals surface area (Å²) in [6, 6.07) is 16.1. The summed E-state index contributed by atoms with van der Waals surface area (Å²) < 4.78 is 22.3. The number of ether oxygens (including phenoxy) is 1. The molecule has 0 saturated carbocycles. The number of piperidine rings is 1. The molecule has 2 aliphatic heterocycles. The van der Waals surface area contributed by atoms with Crippen LogP contribution in [0.4, 0.5) is 4.39 Å². The lowest BCUT2D eigenvalue weighted by Crippen LogP contribution is -2.35. The van der Waals surface area contributed by atoms with Gasteiger partial charge in [-0.2, -0.15) is 0 Å². The van der Waals surface area contributed by atoms with Crippen molar-refractivity contribution in [2.24, 2.45) is 0 Å². The Balaban J connectivity index is 1.07. The number of carboxylic acid groups (broad SMARTS) is 1. The molecule has 0 aliphatic carbocycles. The maximum absolute atomic E-state index is 14.4. The van der Waals surface area contributed by atoms with Crippen LogP contribution in [-0.2, 0) is 24.2 Å². The van der Waals surface area contributed by atoms with Crippen molar-refractivity contribution in [3.05, 3.63) is 93.8 Å². The van der Waals surface area contributed by atoms with Gasteiger partial charge in [-0.05, 0) is 85.8 Å². The van der Waals surface area contributed by atoms with Crippen LogP contribution in [-0.4, -0.2) is 61.3 Å². The van der Waals surface area contributed by atoms with Gasteiger partial charge in [0.05, 0.1) is 46.8 Å². The molecule has 0 radical (unpaired) electrons. The van der Waals surface area contributed by atoms with Crippen LogP contribution >= 0.6 is 11.6 Å². The summed E-state index contributed by atoms with van der Waals surface area (Å²) in [6.07, 6.45) is 3.48. The van der Waals surface area contributed by atoms with E-state index in [0.29, 0.717) is 36.0 Å². The van der Waals surface area contributed by atoms with E-state index in [0.717, 1.165) is 72.7 Å². The van der Waals surface area contributed by atoms with Gasteiger partial charge in [0, 0.05) is 18.1 Å². The number of imidazole rings is 2. The number of halogens is 2. The van der Waals surface area contributed by atoms with Gasteiger partial charge < -0.3 is 19.4 Å². The molecule has 5 aromatic rings. The smallest absolute Gasteiger partial charge is 0.335 e. The molecule has 0 amide bonds. The third-order valence-corrected chi connectivity index (χ3v) is 8.85. The molecule has 2 aliphatic rings. The van der Waals surface area contributed by atoms with E-state index in [9.17, 15) is 14.3 Å². The highest BCUT2D eigenvalue weighted by molar-refractivity contribution is 6.30. The van der Waals surface area contributed by atoms with Crippen LogP contribution in [0.3, 0.4) is 0 Å². The van der Waals surface area contributed by atoms with Gasteiger partial charge in [-0.25, -0.2) is 19.2 Å². The highest BCUT2D eigenvalue weighted by atomic mass is 35.5. The number of hydrogen-bond acceptors (Lipinski definition) is 5. The van der Waals surface area contributed by atoms with Gasteiger partial charge in [-0.15, -0.1) is 0 Å². The van der Waals surface area contributed by atoms with Gasteiger partial charge in [0.1, 0.15) is 17.5 Å². The van der Waals surface area contributed by atoms with E-state index in [1.165, 1.54) is 11.6 Å². The normalized spacial score (nSPS) is 18.1. The maximum atomic E-state index is 14.4. The minimum absolute atomic E-state index is 0.135. The summed E-state index contributed by atoms with van der Waals surface area (Å²) in [6.45, 7) is 3.97. The van der Waals surface area contributed by atoms with Crippen LogP contribution < -0.4 is 0 Å². The Labute approximate surface area is 247 Å².